The fourth-order valence-electron chi connectivity index (χ4n) is 1.04. The van der Waals surface area contributed by atoms with Crippen molar-refractivity contribution in [3.05, 3.63) is 0 Å². The van der Waals surface area contributed by atoms with E-state index >= 15 is 0 Å². The molecule has 2 N–H and O–H groups in total. The Kier molecular flexibility index (Phi) is 15.1. The smallest absolute Gasteiger partial charge is 0.0537 e. The second-order valence-electron chi connectivity index (χ2n) is 3.84. The summed E-state index contributed by atoms with van der Waals surface area (Å²) in [5, 5.41) is 17.5. The predicted molar refractivity (Wildman–Crippen MR) is 62.4 cm³/mol. The molecule has 0 saturated carbocycles. The first kappa shape index (κ1) is 16.4. The molecule has 0 aromatic rings. The third-order valence-corrected chi connectivity index (χ3v) is 2.07. The van der Waals surface area contributed by atoms with Crippen LogP contribution in [0.25, 0.3) is 0 Å². The van der Waals surface area contributed by atoms with Crippen molar-refractivity contribution in [2.75, 3.05) is 0 Å². The summed E-state index contributed by atoms with van der Waals surface area (Å²) in [5.41, 5.74) is 0. The Labute approximate surface area is 89.3 Å². The molecule has 0 saturated heterocycles. The summed E-state index contributed by atoms with van der Waals surface area (Å²) >= 11 is 0. The molecule has 14 heavy (non-hydrogen) atoms. The lowest BCUT2D eigenvalue weighted by molar-refractivity contribution is 0.159. The Morgan fingerprint density at radius 2 is 1.50 bits per heavy atom. The number of rotatable bonds is 6. The molecule has 88 valence electrons. The van der Waals surface area contributed by atoms with Gasteiger partial charge in [-0.05, 0) is 26.2 Å². The van der Waals surface area contributed by atoms with Crippen LogP contribution in [0.3, 0.4) is 0 Å². The van der Waals surface area contributed by atoms with Crippen molar-refractivity contribution in [3.63, 3.8) is 0 Å². The first-order valence-corrected chi connectivity index (χ1v) is 5.94. The molecule has 0 amide bonds. The van der Waals surface area contributed by atoms with E-state index < -0.39 is 0 Å². The van der Waals surface area contributed by atoms with Crippen LogP contribution in [0.4, 0.5) is 0 Å². The average Bonchev–Trinajstić information content (AvgIpc) is 2.16. The van der Waals surface area contributed by atoms with Crippen molar-refractivity contribution < 1.29 is 10.2 Å². The van der Waals surface area contributed by atoms with Gasteiger partial charge in [0.2, 0.25) is 0 Å². The molecule has 0 aromatic heterocycles. The van der Waals surface area contributed by atoms with E-state index in [4.69, 9.17) is 10.2 Å². The number of unbranched alkanes of at least 4 members (excludes halogenated alkanes) is 1. The molecule has 0 aliphatic heterocycles. The van der Waals surface area contributed by atoms with Crippen LogP contribution in [0.2, 0.25) is 0 Å². The Balaban J connectivity index is 0. The van der Waals surface area contributed by atoms with Crippen molar-refractivity contribution >= 4 is 0 Å². The van der Waals surface area contributed by atoms with E-state index in [-0.39, 0.29) is 12.2 Å². The zero-order chi connectivity index (χ0) is 11.4. The zero-order valence-electron chi connectivity index (χ0n) is 10.3. The highest BCUT2D eigenvalue weighted by molar-refractivity contribution is 4.47. The van der Waals surface area contributed by atoms with E-state index in [1.807, 2.05) is 13.8 Å². The van der Waals surface area contributed by atoms with Gasteiger partial charge in [-0.1, -0.05) is 40.0 Å². The van der Waals surface area contributed by atoms with Crippen molar-refractivity contribution in [1.82, 2.24) is 0 Å². The van der Waals surface area contributed by atoms with E-state index in [0.29, 0.717) is 0 Å². The van der Waals surface area contributed by atoms with Crippen LogP contribution in [0.1, 0.15) is 66.2 Å². The van der Waals surface area contributed by atoms with Crippen LogP contribution in [0, 0.1) is 0 Å². The SMILES string of the molecule is CCCC(O)CC.CCCCC(C)O. The molecule has 2 heteroatoms. The van der Waals surface area contributed by atoms with E-state index in [1.54, 1.807) is 0 Å². The molecule has 0 aliphatic carbocycles. The molecule has 2 atom stereocenters. The molecule has 0 bridgehead atoms. The van der Waals surface area contributed by atoms with Gasteiger partial charge in [0.15, 0.2) is 0 Å². The molecule has 0 spiro atoms. The van der Waals surface area contributed by atoms with Gasteiger partial charge in [0.1, 0.15) is 0 Å². The third kappa shape index (κ3) is 17.9. The number of hydrogen-bond acceptors (Lipinski definition) is 2. The topological polar surface area (TPSA) is 40.5 Å². The lowest BCUT2D eigenvalue weighted by Crippen LogP contribution is -2.01. The van der Waals surface area contributed by atoms with Crippen molar-refractivity contribution in [3.8, 4) is 0 Å². The molecular formula is C12H28O2. The molecule has 2 unspecified atom stereocenters. The average molecular weight is 204 g/mol. The first-order chi connectivity index (χ1) is 6.58. The standard InChI is InChI=1S/2C6H14O/c1-3-4-5-6(2)7;1-3-5-6(7)4-2/h2*6-7H,3-5H2,1-2H3. The quantitative estimate of drug-likeness (QED) is 0.698. The summed E-state index contributed by atoms with van der Waals surface area (Å²) in [6, 6.07) is 0. The van der Waals surface area contributed by atoms with Crippen LogP contribution >= 0.6 is 0 Å². The number of aliphatic hydroxyl groups is 2. The van der Waals surface area contributed by atoms with Crippen molar-refractivity contribution in [2.24, 2.45) is 0 Å². The summed E-state index contributed by atoms with van der Waals surface area (Å²) in [6.07, 6.45) is 6.09. The van der Waals surface area contributed by atoms with Gasteiger partial charge in [-0.25, -0.2) is 0 Å². The minimum absolute atomic E-state index is 0.0509. The Bertz CT molecular complexity index is 92.3. The molecule has 0 fully saturated rings. The molecular weight excluding hydrogens is 176 g/mol. The fourth-order valence-corrected chi connectivity index (χ4v) is 1.04. The summed E-state index contributed by atoms with van der Waals surface area (Å²) in [6.45, 7) is 8.04. The highest BCUT2D eigenvalue weighted by Crippen LogP contribution is 1.98. The van der Waals surface area contributed by atoms with Crippen LogP contribution in [0.15, 0.2) is 0 Å². The van der Waals surface area contributed by atoms with Crippen molar-refractivity contribution in [1.29, 1.82) is 0 Å². The number of hydrogen-bond donors (Lipinski definition) is 2. The van der Waals surface area contributed by atoms with Gasteiger partial charge in [0, 0.05) is 0 Å². The molecule has 0 aromatic carbocycles. The molecule has 0 heterocycles. The third-order valence-electron chi connectivity index (χ3n) is 2.07. The highest BCUT2D eigenvalue weighted by atomic mass is 16.3. The zero-order valence-corrected chi connectivity index (χ0v) is 10.3. The minimum Gasteiger partial charge on any atom is -0.393 e. The Morgan fingerprint density at radius 3 is 1.64 bits per heavy atom. The van der Waals surface area contributed by atoms with Gasteiger partial charge < -0.3 is 10.2 Å². The first-order valence-electron chi connectivity index (χ1n) is 5.94. The maximum atomic E-state index is 8.86. The predicted octanol–water partition coefficient (Wildman–Crippen LogP) is 3.11. The fraction of sp³-hybridized carbons (Fsp3) is 1.00. The number of aliphatic hydroxyl groups excluding tert-OH is 2. The largest absolute Gasteiger partial charge is 0.393 e. The second kappa shape index (κ2) is 12.9. The summed E-state index contributed by atoms with van der Waals surface area (Å²) < 4.78 is 0. The van der Waals surface area contributed by atoms with E-state index in [1.165, 1.54) is 6.42 Å². The van der Waals surface area contributed by atoms with Gasteiger partial charge in [0.25, 0.3) is 0 Å². The maximum absolute atomic E-state index is 8.86. The van der Waals surface area contributed by atoms with Gasteiger partial charge in [-0.15, -0.1) is 0 Å². The van der Waals surface area contributed by atoms with Crippen LogP contribution < -0.4 is 0 Å². The summed E-state index contributed by atoms with van der Waals surface area (Å²) in [4.78, 5) is 0. The van der Waals surface area contributed by atoms with Gasteiger partial charge in [-0.3, -0.25) is 0 Å². The molecule has 0 radical (unpaired) electrons. The highest BCUT2D eigenvalue weighted by Gasteiger charge is 1.94. The molecule has 2 nitrogen and oxygen atoms in total. The van der Waals surface area contributed by atoms with Gasteiger partial charge in [0.05, 0.1) is 12.2 Å². The minimum atomic E-state index is -0.0973. The lowest BCUT2D eigenvalue weighted by Gasteiger charge is -2.01. The van der Waals surface area contributed by atoms with E-state index in [9.17, 15) is 0 Å². The molecule has 0 rings (SSSR count). The Morgan fingerprint density at radius 1 is 0.929 bits per heavy atom. The second-order valence-corrected chi connectivity index (χ2v) is 3.84. The van der Waals surface area contributed by atoms with Crippen molar-refractivity contribution in [2.45, 2.75) is 78.4 Å². The Hall–Kier alpha value is -0.0800. The van der Waals surface area contributed by atoms with E-state index in [0.717, 1.165) is 32.1 Å². The van der Waals surface area contributed by atoms with Crippen LogP contribution in [0.5, 0.6) is 0 Å². The van der Waals surface area contributed by atoms with Gasteiger partial charge >= 0.3 is 0 Å². The molecule has 0 aliphatic rings. The van der Waals surface area contributed by atoms with Gasteiger partial charge in [-0.2, -0.15) is 0 Å². The van der Waals surface area contributed by atoms with E-state index in [2.05, 4.69) is 13.8 Å². The lowest BCUT2D eigenvalue weighted by atomic mass is 10.2. The normalized spacial score (nSPS) is 14.1. The van der Waals surface area contributed by atoms with Crippen LogP contribution in [-0.2, 0) is 0 Å². The monoisotopic (exact) mass is 204 g/mol. The maximum Gasteiger partial charge on any atom is 0.0537 e. The summed E-state index contributed by atoms with van der Waals surface area (Å²) in [5.74, 6) is 0. The van der Waals surface area contributed by atoms with Crippen LogP contribution in [-0.4, -0.2) is 22.4 Å². The summed E-state index contributed by atoms with van der Waals surface area (Å²) in [7, 11) is 0.